The summed E-state index contributed by atoms with van der Waals surface area (Å²) in [6.07, 6.45) is 4.82. The molecule has 0 saturated carbocycles. The first-order valence-corrected chi connectivity index (χ1v) is 10.6. The van der Waals surface area contributed by atoms with E-state index in [0.29, 0.717) is 12.5 Å². The highest BCUT2D eigenvalue weighted by Gasteiger charge is 2.23. The number of likely N-dealkylation sites (tertiary alicyclic amines) is 1. The average molecular weight is 389 g/mol. The molecular formula is C21H32N4OS. The van der Waals surface area contributed by atoms with Gasteiger partial charge in [-0.05, 0) is 62.2 Å². The minimum Gasteiger partial charge on any atom is -0.346 e. The van der Waals surface area contributed by atoms with Gasteiger partial charge < -0.3 is 15.1 Å². The van der Waals surface area contributed by atoms with Crippen LogP contribution in [0.5, 0.6) is 0 Å². The van der Waals surface area contributed by atoms with E-state index in [-0.39, 0.29) is 0 Å². The highest BCUT2D eigenvalue weighted by molar-refractivity contribution is 7.80. The second kappa shape index (κ2) is 9.51. The largest absolute Gasteiger partial charge is 0.346 e. The van der Waals surface area contributed by atoms with E-state index in [2.05, 4.69) is 52.1 Å². The minimum absolute atomic E-state index is 0.293. The van der Waals surface area contributed by atoms with Gasteiger partial charge in [-0.15, -0.1) is 0 Å². The molecule has 1 aromatic rings. The maximum Gasteiger partial charge on any atom is 0.236 e. The van der Waals surface area contributed by atoms with Crippen LogP contribution >= 0.6 is 12.2 Å². The Labute approximate surface area is 168 Å². The lowest BCUT2D eigenvalue weighted by molar-refractivity contribution is -0.132. The molecule has 0 unspecified atom stereocenters. The molecule has 1 aromatic carbocycles. The summed E-state index contributed by atoms with van der Waals surface area (Å²) in [7, 11) is 0. The molecule has 0 radical (unpaired) electrons. The van der Waals surface area contributed by atoms with Gasteiger partial charge in [0, 0.05) is 45.0 Å². The molecule has 6 heteroatoms. The molecular weight excluding hydrogens is 356 g/mol. The molecule has 2 heterocycles. The lowest BCUT2D eigenvalue weighted by Gasteiger charge is -2.36. The summed E-state index contributed by atoms with van der Waals surface area (Å²) in [5.41, 5.74) is 3.52. The zero-order valence-electron chi connectivity index (χ0n) is 16.7. The van der Waals surface area contributed by atoms with Gasteiger partial charge in [-0.1, -0.05) is 18.9 Å². The van der Waals surface area contributed by atoms with Crippen molar-refractivity contribution in [2.75, 3.05) is 51.1 Å². The molecule has 0 aromatic heterocycles. The number of rotatable bonds is 3. The summed E-state index contributed by atoms with van der Waals surface area (Å²) in [5, 5.41) is 4.15. The Morgan fingerprint density at radius 3 is 2.07 bits per heavy atom. The first kappa shape index (κ1) is 20.1. The fourth-order valence-electron chi connectivity index (χ4n) is 3.97. The summed E-state index contributed by atoms with van der Waals surface area (Å²) in [5.74, 6) is 0.293. The Bertz CT molecular complexity index is 642. The number of nitrogens with zero attached hydrogens (tertiary/aromatic N) is 3. The third-order valence-electron chi connectivity index (χ3n) is 5.45. The van der Waals surface area contributed by atoms with Crippen LogP contribution in [-0.2, 0) is 4.79 Å². The van der Waals surface area contributed by atoms with E-state index in [1.54, 1.807) is 0 Å². The lowest BCUT2D eigenvalue weighted by Crippen LogP contribution is -2.52. The predicted molar refractivity (Wildman–Crippen MR) is 115 cm³/mol. The average Bonchev–Trinajstić information content (AvgIpc) is 2.91. The summed E-state index contributed by atoms with van der Waals surface area (Å²) < 4.78 is 0. The first-order valence-electron chi connectivity index (χ1n) is 10.2. The van der Waals surface area contributed by atoms with Crippen LogP contribution in [0.4, 0.5) is 5.69 Å². The van der Waals surface area contributed by atoms with Crippen molar-refractivity contribution < 1.29 is 4.79 Å². The van der Waals surface area contributed by atoms with E-state index in [1.165, 1.54) is 24.0 Å². The number of thiocarbonyl (C=S) groups is 1. The van der Waals surface area contributed by atoms with Gasteiger partial charge >= 0.3 is 0 Å². The standard InChI is InChI=1S/C21H32N4OS/c1-17-13-18(2)15-19(14-17)22-21(27)25-11-9-23(10-12-25)16-20(26)24-7-5-3-4-6-8-24/h13-15H,3-12,16H2,1-2H3,(H,22,27). The first-order chi connectivity index (χ1) is 13.0. The molecule has 1 amide bonds. The molecule has 2 saturated heterocycles. The van der Waals surface area contributed by atoms with Crippen LogP contribution in [-0.4, -0.2) is 71.5 Å². The number of hydrogen-bond donors (Lipinski definition) is 1. The number of amides is 1. The van der Waals surface area contributed by atoms with E-state index in [9.17, 15) is 4.79 Å². The Balaban J connectivity index is 1.45. The number of aryl methyl sites for hydroxylation is 2. The van der Waals surface area contributed by atoms with Crippen LogP contribution in [0.1, 0.15) is 36.8 Å². The Hall–Kier alpha value is -1.66. The van der Waals surface area contributed by atoms with E-state index < -0.39 is 0 Å². The number of hydrogen-bond acceptors (Lipinski definition) is 3. The van der Waals surface area contributed by atoms with Gasteiger partial charge in [0.25, 0.3) is 0 Å². The second-order valence-corrected chi connectivity index (χ2v) is 8.25. The zero-order chi connectivity index (χ0) is 19.2. The van der Waals surface area contributed by atoms with Crippen molar-refractivity contribution in [3.8, 4) is 0 Å². The van der Waals surface area contributed by atoms with E-state index in [4.69, 9.17) is 12.2 Å². The molecule has 3 rings (SSSR count). The topological polar surface area (TPSA) is 38.8 Å². The highest BCUT2D eigenvalue weighted by atomic mass is 32.1. The van der Waals surface area contributed by atoms with E-state index >= 15 is 0 Å². The SMILES string of the molecule is Cc1cc(C)cc(NC(=S)N2CCN(CC(=O)N3CCCCCC3)CC2)c1. The number of anilines is 1. The fraction of sp³-hybridized carbons (Fsp3) is 0.619. The van der Waals surface area contributed by atoms with Crippen LogP contribution in [0.2, 0.25) is 0 Å². The van der Waals surface area contributed by atoms with Crippen molar-refractivity contribution >= 4 is 28.9 Å². The van der Waals surface area contributed by atoms with Crippen molar-refractivity contribution in [2.24, 2.45) is 0 Å². The number of carbonyl (C=O) groups is 1. The molecule has 0 bridgehead atoms. The molecule has 2 fully saturated rings. The van der Waals surface area contributed by atoms with Crippen LogP contribution in [0.25, 0.3) is 0 Å². The van der Waals surface area contributed by atoms with E-state index in [1.807, 2.05) is 0 Å². The Morgan fingerprint density at radius 1 is 0.889 bits per heavy atom. The smallest absolute Gasteiger partial charge is 0.236 e. The van der Waals surface area contributed by atoms with Crippen molar-refractivity contribution in [3.05, 3.63) is 29.3 Å². The Morgan fingerprint density at radius 2 is 1.48 bits per heavy atom. The zero-order valence-corrected chi connectivity index (χ0v) is 17.5. The predicted octanol–water partition coefficient (Wildman–Crippen LogP) is 3.02. The van der Waals surface area contributed by atoms with Crippen molar-refractivity contribution in [2.45, 2.75) is 39.5 Å². The van der Waals surface area contributed by atoms with Gasteiger partial charge in [-0.2, -0.15) is 0 Å². The summed E-state index contributed by atoms with van der Waals surface area (Å²) in [6.45, 7) is 10.1. The Kier molecular flexibility index (Phi) is 7.07. The van der Waals surface area contributed by atoms with Crippen molar-refractivity contribution in [1.82, 2.24) is 14.7 Å². The van der Waals surface area contributed by atoms with E-state index in [0.717, 1.165) is 62.9 Å². The fourth-order valence-corrected chi connectivity index (χ4v) is 4.27. The molecule has 0 atom stereocenters. The van der Waals surface area contributed by atoms with Crippen molar-refractivity contribution in [1.29, 1.82) is 0 Å². The third-order valence-corrected chi connectivity index (χ3v) is 5.81. The third kappa shape index (κ3) is 5.91. The molecule has 1 N–H and O–H groups in total. The molecule has 2 aliphatic rings. The maximum atomic E-state index is 12.6. The van der Waals surface area contributed by atoms with Crippen LogP contribution in [0, 0.1) is 13.8 Å². The van der Waals surface area contributed by atoms with Gasteiger partial charge in [0.15, 0.2) is 5.11 Å². The molecule has 2 aliphatic heterocycles. The summed E-state index contributed by atoms with van der Waals surface area (Å²) in [4.78, 5) is 19.1. The van der Waals surface area contributed by atoms with Gasteiger partial charge in [-0.3, -0.25) is 9.69 Å². The molecule has 148 valence electrons. The van der Waals surface area contributed by atoms with Gasteiger partial charge in [0.2, 0.25) is 5.91 Å². The second-order valence-electron chi connectivity index (χ2n) is 7.86. The van der Waals surface area contributed by atoms with Crippen molar-refractivity contribution in [3.63, 3.8) is 0 Å². The van der Waals surface area contributed by atoms with Crippen LogP contribution in [0.15, 0.2) is 18.2 Å². The van der Waals surface area contributed by atoms with Crippen LogP contribution in [0.3, 0.4) is 0 Å². The lowest BCUT2D eigenvalue weighted by atomic mass is 10.1. The quantitative estimate of drug-likeness (QED) is 0.806. The van der Waals surface area contributed by atoms with Gasteiger partial charge in [0.05, 0.1) is 6.54 Å². The normalized spacial score (nSPS) is 18.9. The summed E-state index contributed by atoms with van der Waals surface area (Å²) >= 11 is 5.61. The minimum atomic E-state index is 0.293. The number of benzene rings is 1. The maximum absolute atomic E-state index is 12.6. The summed E-state index contributed by atoms with van der Waals surface area (Å²) in [6, 6.07) is 6.40. The number of nitrogens with one attached hydrogen (secondary N) is 1. The molecule has 5 nitrogen and oxygen atoms in total. The van der Waals surface area contributed by atoms with Gasteiger partial charge in [-0.25, -0.2) is 0 Å². The molecule has 0 spiro atoms. The highest BCUT2D eigenvalue weighted by Crippen LogP contribution is 2.15. The monoisotopic (exact) mass is 388 g/mol. The molecule has 27 heavy (non-hydrogen) atoms. The van der Waals surface area contributed by atoms with Gasteiger partial charge in [0.1, 0.15) is 0 Å². The molecule has 0 aliphatic carbocycles. The van der Waals surface area contributed by atoms with Crippen LogP contribution < -0.4 is 5.32 Å². The number of piperazine rings is 1. The number of carbonyl (C=O) groups excluding carboxylic acids is 1.